The second-order valence-corrected chi connectivity index (χ2v) is 6.14. The van der Waals surface area contributed by atoms with E-state index >= 15 is 0 Å². The van der Waals surface area contributed by atoms with Crippen LogP contribution in [-0.2, 0) is 32.1 Å². The van der Waals surface area contributed by atoms with Gasteiger partial charge in [-0.05, 0) is 0 Å². The Hall–Kier alpha value is -0.650. The van der Waals surface area contributed by atoms with E-state index in [1.807, 2.05) is 0 Å². The normalized spacial score (nSPS) is 11.2. The van der Waals surface area contributed by atoms with Gasteiger partial charge in [-0.25, -0.2) is 0 Å². The minimum atomic E-state index is 1.29. The predicted octanol–water partition coefficient (Wildman–Crippen LogP) is 6.17. The van der Waals surface area contributed by atoms with Crippen molar-refractivity contribution in [2.75, 3.05) is 0 Å². The highest BCUT2D eigenvalue weighted by molar-refractivity contribution is 5.53. The Kier molecular flexibility index (Phi) is 8.11. The maximum atomic E-state index is 2.33. The van der Waals surface area contributed by atoms with Crippen LogP contribution in [0.15, 0.2) is 0 Å². The third kappa shape index (κ3) is 3.93. The summed E-state index contributed by atoms with van der Waals surface area (Å²) in [6, 6.07) is 0. The topological polar surface area (TPSA) is 0 Å². The highest BCUT2D eigenvalue weighted by Crippen LogP contribution is 2.34. The molecule has 0 saturated carbocycles. The van der Waals surface area contributed by atoms with Crippen LogP contribution in [0.25, 0.3) is 0 Å². The lowest BCUT2D eigenvalue weighted by molar-refractivity contribution is 0.828. The van der Waals surface area contributed by atoms with Gasteiger partial charge in [0, 0.05) is 0 Å². The summed E-state index contributed by atoms with van der Waals surface area (Å²) in [5, 5.41) is 0. The third-order valence-corrected chi connectivity index (χ3v) is 4.32. The van der Waals surface area contributed by atoms with Gasteiger partial charge in [0.25, 0.3) is 0 Å². The Morgan fingerprint density at radius 1 is 0.550 bits per heavy atom. The van der Waals surface area contributed by atoms with Gasteiger partial charge in [-0.1, -0.05) is 98.8 Å². The highest BCUT2D eigenvalue weighted by Gasteiger charge is 2.11. The van der Waals surface area contributed by atoms with Gasteiger partial charge in [0.2, 0.25) is 0 Å². The second-order valence-electron chi connectivity index (χ2n) is 6.14. The van der Waals surface area contributed by atoms with Crippen LogP contribution in [0.3, 0.4) is 0 Å². The molecule has 0 aliphatic rings. The molecule has 0 unspecified atom stereocenters. The third-order valence-electron chi connectivity index (χ3n) is 4.32. The highest BCUT2D eigenvalue weighted by atomic mass is 14.3. The molecule has 0 radical (unpaired) electrons. The van der Waals surface area contributed by atoms with Gasteiger partial charge in [0.05, 0.1) is 0 Å². The van der Waals surface area contributed by atoms with E-state index in [1.165, 1.54) is 64.2 Å². The summed E-state index contributed by atoms with van der Waals surface area (Å²) in [5.74, 6) is 0. The Bertz CT molecular complexity index is 278. The average Bonchev–Trinajstić information content (AvgIpc) is 2.68. The van der Waals surface area contributed by atoms with Crippen molar-refractivity contribution in [1.29, 1.82) is 0 Å². The van der Waals surface area contributed by atoms with Gasteiger partial charge in [0.1, 0.15) is 0 Å². The zero-order chi connectivity index (χ0) is 15.0. The second kappa shape index (κ2) is 9.32. The van der Waals surface area contributed by atoms with E-state index in [2.05, 4.69) is 34.6 Å². The van der Waals surface area contributed by atoms with Gasteiger partial charge < -0.3 is 0 Å². The van der Waals surface area contributed by atoms with Crippen LogP contribution in [0.4, 0.5) is 0 Å². The number of rotatable bonds is 10. The van der Waals surface area contributed by atoms with Crippen LogP contribution in [0.1, 0.15) is 94.5 Å². The molecule has 1 aromatic carbocycles. The van der Waals surface area contributed by atoms with Gasteiger partial charge in [-0.2, -0.15) is 27.8 Å². The molecule has 0 spiro atoms. The summed E-state index contributed by atoms with van der Waals surface area (Å²) in [4.78, 5) is 0. The molecule has 0 heterocycles. The predicted molar refractivity (Wildman–Crippen MR) is 92.0 cm³/mol. The van der Waals surface area contributed by atoms with E-state index in [0.29, 0.717) is 0 Å². The van der Waals surface area contributed by atoms with Crippen LogP contribution >= 0.6 is 0 Å². The molecule has 1 aromatic rings. The van der Waals surface area contributed by atoms with Gasteiger partial charge >= 0.3 is 0 Å². The van der Waals surface area contributed by atoms with Crippen molar-refractivity contribution in [2.24, 2.45) is 0 Å². The van der Waals surface area contributed by atoms with Crippen molar-refractivity contribution in [3.8, 4) is 0 Å². The zero-order valence-electron chi connectivity index (χ0n) is 14.6. The first-order chi connectivity index (χ1) is 9.74. The molecule has 0 saturated heterocycles. The van der Waals surface area contributed by atoms with Crippen LogP contribution in [0.2, 0.25) is 0 Å². The van der Waals surface area contributed by atoms with Crippen LogP contribution in [0, 0.1) is 0 Å². The molecule has 1 rings (SSSR count). The monoisotopic (exact) mass is 275 g/mol. The van der Waals surface area contributed by atoms with E-state index < -0.39 is 0 Å². The summed E-state index contributed by atoms with van der Waals surface area (Å²) in [5.41, 5.74) is 8.76. The Labute approximate surface area is 127 Å². The summed E-state index contributed by atoms with van der Waals surface area (Å²) < 4.78 is 0. The van der Waals surface area contributed by atoms with Crippen molar-refractivity contribution in [3.63, 3.8) is 0 Å². The average molecular weight is 275 g/mol. The van der Waals surface area contributed by atoms with Crippen LogP contribution in [0.5, 0.6) is 0 Å². The Balaban J connectivity index is 3.37. The molecule has 0 aromatic heterocycles. The Morgan fingerprint density at radius 3 is 1.25 bits per heavy atom. The lowest BCUT2D eigenvalue weighted by atomic mass is 9.97. The van der Waals surface area contributed by atoms with Crippen LogP contribution in [-0.4, -0.2) is 0 Å². The van der Waals surface area contributed by atoms with Crippen molar-refractivity contribution in [1.82, 2.24) is 0 Å². The molecular weight excluding hydrogens is 240 g/mol. The summed E-state index contributed by atoms with van der Waals surface area (Å²) in [6.45, 7) is 11.7. The molecule has 0 nitrogen and oxygen atoms in total. The molecular formula is C20H35-. The van der Waals surface area contributed by atoms with Crippen molar-refractivity contribution >= 4 is 0 Å². The van der Waals surface area contributed by atoms with Crippen molar-refractivity contribution in [3.05, 3.63) is 27.8 Å². The quantitative estimate of drug-likeness (QED) is 0.448. The molecule has 0 heteroatoms. The zero-order valence-corrected chi connectivity index (χ0v) is 14.6. The van der Waals surface area contributed by atoms with E-state index in [1.54, 1.807) is 27.8 Å². The molecule has 0 bridgehead atoms. The van der Waals surface area contributed by atoms with E-state index in [-0.39, 0.29) is 0 Å². The molecule has 0 amide bonds. The largest absolute Gasteiger partial charge is 0.192 e. The number of hydrogen-bond acceptors (Lipinski definition) is 0. The molecule has 0 aliphatic carbocycles. The summed E-state index contributed by atoms with van der Waals surface area (Å²) in [7, 11) is 0. The number of hydrogen-bond donors (Lipinski definition) is 0. The molecule has 0 atom stereocenters. The van der Waals surface area contributed by atoms with E-state index in [0.717, 1.165) is 0 Å². The lowest BCUT2D eigenvalue weighted by Crippen LogP contribution is -1.96. The molecule has 0 N–H and O–H groups in total. The molecule has 0 fully saturated rings. The summed E-state index contributed by atoms with van der Waals surface area (Å²) >= 11 is 0. The standard InChI is InChI=1S/C20H35/c1-6-11-16-17(12-7-2)19(14-9-4)20(15-10-5)18(16)13-8-3/h6-15H2,1-5H3/q-1. The van der Waals surface area contributed by atoms with Crippen molar-refractivity contribution in [2.45, 2.75) is 98.8 Å². The molecule has 20 heavy (non-hydrogen) atoms. The van der Waals surface area contributed by atoms with E-state index in [4.69, 9.17) is 0 Å². The summed E-state index contributed by atoms with van der Waals surface area (Å²) in [6.07, 6.45) is 12.9. The lowest BCUT2D eigenvalue weighted by Gasteiger charge is -2.17. The first-order valence-corrected chi connectivity index (χ1v) is 9.05. The van der Waals surface area contributed by atoms with Gasteiger partial charge in [-0.15, -0.1) is 0 Å². The SMILES string of the molecule is CCCc1c(CCC)c(CCC)[c-](CCC)c1CCC. The molecule has 0 aliphatic heterocycles. The maximum Gasteiger partial charge on any atom is -0.0511 e. The van der Waals surface area contributed by atoms with Gasteiger partial charge in [0.15, 0.2) is 0 Å². The first kappa shape index (κ1) is 17.4. The minimum Gasteiger partial charge on any atom is -0.192 e. The molecule has 116 valence electrons. The fraction of sp³-hybridized carbons (Fsp3) is 0.750. The fourth-order valence-corrected chi connectivity index (χ4v) is 3.67. The Morgan fingerprint density at radius 2 is 0.950 bits per heavy atom. The van der Waals surface area contributed by atoms with Crippen LogP contribution < -0.4 is 0 Å². The fourth-order valence-electron chi connectivity index (χ4n) is 3.67. The maximum absolute atomic E-state index is 2.33. The smallest absolute Gasteiger partial charge is 0.0511 e. The van der Waals surface area contributed by atoms with Gasteiger partial charge in [-0.3, -0.25) is 0 Å². The first-order valence-electron chi connectivity index (χ1n) is 9.05. The van der Waals surface area contributed by atoms with E-state index in [9.17, 15) is 0 Å². The van der Waals surface area contributed by atoms with Crippen molar-refractivity contribution < 1.29 is 0 Å². The minimum absolute atomic E-state index is 1.29.